The van der Waals surface area contributed by atoms with E-state index in [9.17, 15) is 0 Å². The Hall–Kier alpha value is -0.340. The van der Waals surface area contributed by atoms with E-state index in [1.165, 1.54) is 19.4 Å². The van der Waals surface area contributed by atoms with Crippen LogP contribution in [0.15, 0.2) is 6.07 Å². The third-order valence-electron chi connectivity index (χ3n) is 2.57. The van der Waals surface area contributed by atoms with E-state index in [0.29, 0.717) is 5.92 Å². The van der Waals surface area contributed by atoms with Crippen LogP contribution in [0.2, 0.25) is 0 Å². The summed E-state index contributed by atoms with van der Waals surface area (Å²) in [5, 5.41) is 3.47. The number of nitrogens with one attached hydrogen (secondary N) is 1. The van der Waals surface area contributed by atoms with Crippen LogP contribution < -0.4 is 5.32 Å². The van der Waals surface area contributed by atoms with Crippen LogP contribution in [0.4, 0.5) is 0 Å². The van der Waals surface area contributed by atoms with Crippen LogP contribution in [0, 0.1) is 0 Å². The minimum Gasteiger partial charge on any atom is -0.312 e. The molecule has 0 fully saturated rings. The van der Waals surface area contributed by atoms with Crippen LogP contribution >= 0.6 is 11.3 Å². The molecule has 2 heteroatoms. The second-order valence-corrected chi connectivity index (χ2v) is 5.20. The third-order valence-corrected chi connectivity index (χ3v) is 4.05. The largest absolute Gasteiger partial charge is 0.312 e. The van der Waals surface area contributed by atoms with Crippen LogP contribution in [-0.2, 0) is 13.0 Å². The molecule has 1 aliphatic rings. The van der Waals surface area contributed by atoms with Crippen molar-refractivity contribution in [2.75, 3.05) is 6.54 Å². The second kappa shape index (κ2) is 3.81. The zero-order valence-corrected chi connectivity index (χ0v) is 9.21. The topological polar surface area (TPSA) is 12.0 Å². The number of aryl methyl sites for hydroxylation is 1. The van der Waals surface area contributed by atoms with Gasteiger partial charge in [-0.15, -0.1) is 11.3 Å². The van der Waals surface area contributed by atoms with Crippen molar-refractivity contribution in [1.82, 2.24) is 5.32 Å². The van der Waals surface area contributed by atoms with Gasteiger partial charge in [0.2, 0.25) is 0 Å². The first-order valence-electron chi connectivity index (χ1n) is 5.09. The molecule has 0 radical (unpaired) electrons. The van der Waals surface area contributed by atoms with Crippen molar-refractivity contribution in [2.24, 2.45) is 0 Å². The molecule has 2 rings (SSSR count). The second-order valence-electron chi connectivity index (χ2n) is 4.03. The average molecular weight is 195 g/mol. The predicted octanol–water partition coefficient (Wildman–Crippen LogP) is 2.91. The lowest BCUT2D eigenvalue weighted by Crippen LogP contribution is -2.11. The van der Waals surface area contributed by atoms with Crippen molar-refractivity contribution in [3.8, 4) is 0 Å². The van der Waals surface area contributed by atoms with Gasteiger partial charge in [0.05, 0.1) is 0 Å². The van der Waals surface area contributed by atoms with E-state index in [0.717, 1.165) is 6.54 Å². The van der Waals surface area contributed by atoms with E-state index in [2.05, 4.69) is 25.2 Å². The highest BCUT2D eigenvalue weighted by molar-refractivity contribution is 7.12. The Kier molecular flexibility index (Phi) is 2.70. The molecule has 0 spiro atoms. The molecule has 0 unspecified atom stereocenters. The van der Waals surface area contributed by atoms with Crippen LogP contribution in [-0.4, -0.2) is 6.54 Å². The maximum absolute atomic E-state index is 3.47. The highest BCUT2D eigenvalue weighted by Crippen LogP contribution is 2.30. The molecule has 0 atom stereocenters. The molecule has 0 amide bonds. The Morgan fingerprint density at radius 3 is 3.08 bits per heavy atom. The molecule has 13 heavy (non-hydrogen) atoms. The summed E-state index contributed by atoms with van der Waals surface area (Å²) in [5.41, 5.74) is 1.60. The molecule has 1 aromatic rings. The van der Waals surface area contributed by atoms with Gasteiger partial charge in [-0.05, 0) is 36.9 Å². The molecule has 0 aliphatic carbocycles. The van der Waals surface area contributed by atoms with Crippen LogP contribution in [0.5, 0.6) is 0 Å². The van der Waals surface area contributed by atoms with Crippen molar-refractivity contribution in [2.45, 2.75) is 39.2 Å². The Balaban J connectivity index is 2.27. The first-order valence-corrected chi connectivity index (χ1v) is 5.91. The van der Waals surface area contributed by atoms with Crippen molar-refractivity contribution in [3.63, 3.8) is 0 Å². The molecular formula is C11H17NS. The highest BCUT2D eigenvalue weighted by Gasteiger charge is 2.12. The molecule has 0 saturated carbocycles. The molecule has 1 nitrogen and oxygen atoms in total. The number of hydrogen-bond acceptors (Lipinski definition) is 2. The molecular weight excluding hydrogens is 178 g/mol. The van der Waals surface area contributed by atoms with Crippen molar-refractivity contribution >= 4 is 11.3 Å². The lowest BCUT2D eigenvalue weighted by Gasteiger charge is -1.99. The van der Waals surface area contributed by atoms with Gasteiger partial charge in [0.15, 0.2) is 0 Å². The first kappa shape index (κ1) is 9.22. The van der Waals surface area contributed by atoms with E-state index in [4.69, 9.17) is 0 Å². The van der Waals surface area contributed by atoms with Gasteiger partial charge in [-0.25, -0.2) is 0 Å². The smallest absolute Gasteiger partial charge is 0.0302 e. The molecule has 2 heterocycles. The predicted molar refractivity (Wildman–Crippen MR) is 58.4 cm³/mol. The number of hydrogen-bond donors (Lipinski definition) is 1. The van der Waals surface area contributed by atoms with Gasteiger partial charge in [-0.3, -0.25) is 0 Å². The normalized spacial score (nSPS) is 17.2. The SMILES string of the molecule is CC(C)c1cc2c(s1)CNCCC2. The Morgan fingerprint density at radius 2 is 2.31 bits per heavy atom. The lowest BCUT2D eigenvalue weighted by molar-refractivity contribution is 0.683. The quantitative estimate of drug-likeness (QED) is 0.726. The molecule has 0 bridgehead atoms. The molecule has 1 N–H and O–H groups in total. The van der Waals surface area contributed by atoms with Crippen LogP contribution in [0.1, 0.15) is 41.5 Å². The Labute approximate surface area is 84.2 Å². The van der Waals surface area contributed by atoms with Gasteiger partial charge in [0.25, 0.3) is 0 Å². The Morgan fingerprint density at radius 1 is 1.46 bits per heavy atom. The zero-order chi connectivity index (χ0) is 9.26. The average Bonchev–Trinajstić information content (AvgIpc) is 2.38. The fourth-order valence-electron chi connectivity index (χ4n) is 1.74. The molecule has 72 valence electrons. The van der Waals surface area contributed by atoms with E-state index in [1.54, 1.807) is 15.3 Å². The lowest BCUT2D eigenvalue weighted by atomic mass is 10.1. The van der Waals surface area contributed by atoms with Gasteiger partial charge in [0.1, 0.15) is 0 Å². The summed E-state index contributed by atoms with van der Waals surface area (Å²) in [6, 6.07) is 2.41. The molecule has 0 saturated heterocycles. The van der Waals surface area contributed by atoms with E-state index in [1.807, 2.05) is 11.3 Å². The monoisotopic (exact) mass is 195 g/mol. The first-order chi connectivity index (χ1) is 6.27. The van der Waals surface area contributed by atoms with Crippen LogP contribution in [0.3, 0.4) is 0 Å². The summed E-state index contributed by atoms with van der Waals surface area (Å²) in [6.45, 7) is 6.82. The maximum atomic E-state index is 3.47. The fourth-order valence-corrected chi connectivity index (χ4v) is 2.93. The van der Waals surface area contributed by atoms with Gasteiger partial charge in [-0.1, -0.05) is 13.8 Å². The molecule has 0 aromatic carbocycles. The maximum Gasteiger partial charge on any atom is 0.0302 e. The molecule has 1 aliphatic heterocycles. The summed E-state index contributed by atoms with van der Waals surface area (Å²) in [5.74, 6) is 0.692. The summed E-state index contributed by atoms with van der Waals surface area (Å²) < 4.78 is 0. The summed E-state index contributed by atoms with van der Waals surface area (Å²) in [7, 11) is 0. The molecule has 1 aromatic heterocycles. The van der Waals surface area contributed by atoms with Crippen molar-refractivity contribution in [3.05, 3.63) is 21.4 Å². The van der Waals surface area contributed by atoms with E-state index >= 15 is 0 Å². The minimum atomic E-state index is 0.692. The van der Waals surface area contributed by atoms with Crippen molar-refractivity contribution in [1.29, 1.82) is 0 Å². The summed E-state index contributed by atoms with van der Waals surface area (Å²) >= 11 is 1.99. The summed E-state index contributed by atoms with van der Waals surface area (Å²) in [4.78, 5) is 3.12. The van der Waals surface area contributed by atoms with Gasteiger partial charge < -0.3 is 5.32 Å². The Bertz CT molecular complexity index is 265. The third kappa shape index (κ3) is 1.94. The fraction of sp³-hybridized carbons (Fsp3) is 0.636. The minimum absolute atomic E-state index is 0.692. The van der Waals surface area contributed by atoms with Gasteiger partial charge in [-0.2, -0.15) is 0 Å². The number of thiophene rings is 1. The van der Waals surface area contributed by atoms with Gasteiger partial charge >= 0.3 is 0 Å². The summed E-state index contributed by atoms with van der Waals surface area (Å²) in [6.07, 6.45) is 2.56. The van der Waals surface area contributed by atoms with Crippen molar-refractivity contribution < 1.29 is 0 Å². The standard InChI is InChI=1S/C11H17NS/c1-8(2)10-6-9-4-3-5-12-7-11(9)13-10/h6,8,12H,3-5,7H2,1-2H3. The van der Waals surface area contributed by atoms with Crippen LogP contribution in [0.25, 0.3) is 0 Å². The van der Waals surface area contributed by atoms with E-state index in [-0.39, 0.29) is 0 Å². The number of rotatable bonds is 1. The highest BCUT2D eigenvalue weighted by atomic mass is 32.1. The number of fused-ring (bicyclic) bond motifs is 1. The van der Waals surface area contributed by atoms with Gasteiger partial charge in [0, 0.05) is 16.3 Å². The zero-order valence-electron chi connectivity index (χ0n) is 8.39. The van der Waals surface area contributed by atoms with E-state index < -0.39 is 0 Å².